The molecular weight excluding hydrogens is 228 g/mol. The first-order valence-corrected chi connectivity index (χ1v) is 6.63. The van der Waals surface area contributed by atoms with E-state index < -0.39 is 0 Å². The fraction of sp³-hybridized carbons (Fsp3) is 0.400. The molecule has 0 saturated heterocycles. The van der Waals surface area contributed by atoms with Gasteiger partial charge in [-0.25, -0.2) is 0 Å². The average Bonchev–Trinajstić information content (AvgIpc) is 3.02. The van der Waals surface area contributed by atoms with Crippen molar-refractivity contribution in [2.45, 2.75) is 17.1 Å². The van der Waals surface area contributed by atoms with Crippen LogP contribution in [0.25, 0.3) is 0 Å². The smallest absolute Gasteiger partial charge is 0.178 e. The summed E-state index contributed by atoms with van der Waals surface area (Å²) in [6, 6.07) is 2.06. The first-order valence-electron chi connectivity index (χ1n) is 4.59. The van der Waals surface area contributed by atoms with Gasteiger partial charge in [0.2, 0.25) is 0 Å². The van der Waals surface area contributed by atoms with Crippen LogP contribution in [0.2, 0.25) is 0 Å². The number of thioether (sulfide) groups is 1. The van der Waals surface area contributed by atoms with Crippen LogP contribution in [-0.2, 0) is 0 Å². The Morgan fingerprint density at radius 2 is 2.33 bits per heavy atom. The number of nitrogen functional groups attached to an aromatic ring is 1. The van der Waals surface area contributed by atoms with Crippen LogP contribution in [0.15, 0.2) is 4.21 Å². The molecule has 78 valence electrons. The molecule has 1 aromatic rings. The maximum absolute atomic E-state index is 11.8. The van der Waals surface area contributed by atoms with Gasteiger partial charge in [-0.1, -0.05) is 0 Å². The molecule has 0 atom stereocenters. The second-order valence-corrected chi connectivity index (χ2v) is 5.56. The third-order valence-corrected chi connectivity index (χ3v) is 4.72. The Kier molecular flexibility index (Phi) is 2.72. The van der Waals surface area contributed by atoms with Crippen molar-refractivity contribution in [2.75, 3.05) is 12.0 Å². The van der Waals surface area contributed by atoms with Crippen LogP contribution < -0.4 is 5.73 Å². The molecule has 0 aromatic carbocycles. The number of ketones is 1. The zero-order valence-electron chi connectivity index (χ0n) is 8.24. The maximum atomic E-state index is 11.8. The van der Waals surface area contributed by atoms with Gasteiger partial charge >= 0.3 is 0 Å². The number of thiophene rings is 1. The van der Waals surface area contributed by atoms with E-state index in [4.69, 9.17) is 11.0 Å². The van der Waals surface area contributed by atoms with Crippen molar-refractivity contribution in [1.82, 2.24) is 0 Å². The molecule has 0 radical (unpaired) electrons. The second kappa shape index (κ2) is 3.87. The van der Waals surface area contributed by atoms with Crippen molar-refractivity contribution < 1.29 is 4.79 Å². The molecule has 2 N–H and O–H groups in total. The molecule has 2 rings (SSSR count). The molecule has 0 amide bonds. The van der Waals surface area contributed by atoms with Gasteiger partial charge in [0, 0.05) is 5.92 Å². The number of nitriles is 1. The molecule has 0 aliphatic heterocycles. The molecule has 0 spiro atoms. The lowest BCUT2D eigenvalue weighted by molar-refractivity contribution is 0.0972. The molecule has 1 saturated carbocycles. The highest BCUT2D eigenvalue weighted by Crippen LogP contribution is 2.41. The first-order chi connectivity index (χ1) is 7.19. The monoisotopic (exact) mass is 238 g/mol. The summed E-state index contributed by atoms with van der Waals surface area (Å²) in [6.07, 6.45) is 3.82. The third kappa shape index (κ3) is 1.75. The van der Waals surface area contributed by atoms with E-state index in [1.54, 1.807) is 0 Å². The van der Waals surface area contributed by atoms with Gasteiger partial charge in [0.05, 0.1) is 14.8 Å². The summed E-state index contributed by atoms with van der Waals surface area (Å²) < 4.78 is 0.846. The van der Waals surface area contributed by atoms with Crippen molar-refractivity contribution in [3.63, 3.8) is 0 Å². The first kappa shape index (κ1) is 10.5. The molecular formula is C10H10N2OS2. The summed E-state index contributed by atoms with van der Waals surface area (Å²) in [6.45, 7) is 0. The predicted molar refractivity (Wildman–Crippen MR) is 62.3 cm³/mol. The topological polar surface area (TPSA) is 66.9 Å². The van der Waals surface area contributed by atoms with Gasteiger partial charge < -0.3 is 5.73 Å². The SMILES string of the molecule is CSc1sc(C(=O)C2CC2)c(N)c1C#N. The maximum Gasteiger partial charge on any atom is 0.178 e. The molecule has 0 bridgehead atoms. The Hall–Kier alpha value is -0.990. The van der Waals surface area contributed by atoms with Crippen molar-refractivity contribution in [2.24, 2.45) is 5.92 Å². The summed E-state index contributed by atoms with van der Waals surface area (Å²) >= 11 is 2.82. The van der Waals surface area contributed by atoms with Gasteiger partial charge in [0.15, 0.2) is 5.78 Å². The molecule has 1 aromatic heterocycles. The second-order valence-electron chi connectivity index (χ2n) is 3.46. The lowest BCUT2D eigenvalue weighted by Crippen LogP contribution is -2.02. The van der Waals surface area contributed by atoms with Gasteiger partial charge in [-0.05, 0) is 19.1 Å². The Labute approximate surface area is 96.3 Å². The van der Waals surface area contributed by atoms with E-state index >= 15 is 0 Å². The van der Waals surface area contributed by atoms with Crippen LogP contribution in [0, 0.1) is 17.2 Å². The number of carbonyl (C=O) groups excluding carboxylic acids is 1. The summed E-state index contributed by atoms with van der Waals surface area (Å²) in [4.78, 5) is 12.4. The van der Waals surface area contributed by atoms with E-state index in [1.165, 1.54) is 23.1 Å². The lowest BCUT2D eigenvalue weighted by atomic mass is 10.2. The zero-order chi connectivity index (χ0) is 11.0. The normalized spacial score (nSPS) is 14.9. The van der Waals surface area contributed by atoms with Crippen LogP contribution in [0.4, 0.5) is 5.69 Å². The molecule has 1 fully saturated rings. The quantitative estimate of drug-likeness (QED) is 0.649. The molecule has 5 heteroatoms. The van der Waals surface area contributed by atoms with Crippen LogP contribution >= 0.6 is 23.1 Å². The van der Waals surface area contributed by atoms with Crippen molar-refractivity contribution in [3.05, 3.63) is 10.4 Å². The van der Waals surface area contributed by atoms with Gasteiger partial charge in [-0.3, -0.25) is 4.79 Å². The van der Waals surface area contributed by atoms with Crippen LogP contribution in [0.3, 0.4) is 0 Å². The van der Waals surface area contributed by atoms with E-state index in [0.717, 1.165) is 17.1 Å². The van der Waals surface area contributed by atoms with Gasteiger partial charge in [-0.2, -0.15) is 5.26 Å². The lowest BCUT2D eigenvalue weighted by Gasteiger charge is -1.95. The van der Waals surface area contributed by atoms with Crippen LogP contribution in [0.5, 0.6) is 0 Å². The highest BCUT2D eigenvalue weighted by atomic mass is 32.2. The number of hydrogen-bond donors (Lipinski definition) is 1. The molecule has 15 heavy (non-hydrogen) atoms. The van der Waals surface area contributed by atoms with Crippen molar-refractivity contribution in [1.29, 1.82) is 5.26 Å². The standard InChI is InChI=1S/C10H10N2OS2/c1-14-10-6(4-11)7(12)9(15-10)8(13)5-2-3-5/h5H,2-3,12H2,1H3. The Bertz CT molecular complexity index is 455. The zero-order valence-corrected chi connectivity index (χ0v) is 9.87. The van der Waals surface area contributed by atoms with Crippen molar-refractivity contribution in [3.8, 4) is 6.07 Å². The van der Waals surface area contributed by atoms with E-state index in [-0.39, 0.29) is 11.7 Å². The minimum atomic E-state index is 0.120. The molecule has 1 aliphatic rings. The van der Waals surface area contributed by atoms with Crippen molar-refractivity contribution >= 4 is 34.6 Å². The molecule has 3 nitrogen and oxygen atoms in total. The Morgan fingerprint density at radius 1 is 1.67 bits per heavy atom. The van der Waals surface area contributed by atoms with E-state index in [0.29, 0.717) is 16.1 Å². The number of nitrogens with two attached hydrogens (primary N) is 1. The Balaban J connectivity index is 2.44. The summed E-state index contributed by atoms with van der Waals surface area (Å²) in [5.41, 5.74) is 6.66. The van der Waals surface area contributed by atoms with E-state index in [1.807, 2.05) is 6.26 Å². The highest BCUT2D eigenvalue weighted by Gasteiger charge is 2.33. The highest BCUT2D eigenvalue weighted by molar-refractivity contribution is 8.00. The Morgan fingerprint density at radius 3 is 2.73 bits per heavy atom. The number of anilines is 1. The van der Waals surface area contributed by atoms with Gasteiger partial charge in [0.1, 0.15) is 11.6 Å². The average molecular weight is 238 g/mol. The van der Waals surface area contributed by atoms with Crippen LogP contribution in [0.1, 0.15) is 28.1 Å². The minimum Gasteiger partial charge on any atom is -0.396 e. The number of rotatable bonds is 3. The molecule has 0 unspecified atom stereocenters. The largest absolute Gasteiger partial charge is 0.396 e. The summed E-state index contributed by atoms with van der Waals surface area (Å²) in [5, 5.41) is 8.93. The number of carbonyl (C=O) groups is 1. The summed E-state index contributed by atoms with van der Waals surface area (Å²) in [5.74, 6) is 0.279. The van der Waals surface area contributed by atoms with Crippen LogP contribution in [-0.4, -0.2) is 12.0 Å². The van der Waals surface area contributed by atoms with E-state index in [9.17, 15) is 4.79 Å². The molecule has 1 heterocycles. The summed E-state index contributed by atoms with van der Waals surface area (Å²) in [7, 11) is 0. The minimum absolute atomic E-state index is 0.120. The number of Topliss-reactive ketones (excluding diaryl/α,β-unsaturated/α-hetero) is 1. The van der Waals surface area contributed by atoms with E-state index in [2.05, 4.69) is 6.07 Å². The fourth-order valence-electron chi connectivity index (χ4n) is 1.39. The molecule has 1 aliphatic carbocycles. The predicted octanol–water partition coefficient (Wildman–Crippen LogP) is 2.52. The van der Waals surface area contributed by atoms with Gasteiger partial charge in [-0.15, -0.1) is 23.1 Å². The fourth-order valence-corrected chi connectivity index (χ4v) is 3.25. The number of nitrogens with zero attached hydrogens (tertiary/aromatic N) is 1. The number of hydrogen-bond acceptors (Lipinski definition) is 5. The third-order valence-electron chi connectivity index (χ3n) is 2.38. The van der Waals surface area contributed by atoms with Gasteiger partial charge in [0.25, 0.3) is 0 Å².